The molecule has 0 bridgehead atoms. The van der Waals surface area contributed by atoms with Gasteiger partial charge in [0.25, 0.3) is 0 Å². The molecule has 10 heteroatoms. The lowest BCUT2D eigenvalue weighted by atomic mass is 9.83. The third kappa shape index (κ3) is 6.57. The number of piperazine rings is 1. The summed E-state index contributed by atoms with van der Waals surface area (Å²) in [5.41, 5.74) is 12.9. The molecule has 1 aliphatic carbocycles. The van der Waals surface area contributed by atoms with Gasteiger partial charge in [-0.25, -0.2) is 4.98 Å². The Morgan fingerprint density at radius 3 is 2.48 bits per heavy atom. The number of hydrogen-bond donors (Lipinski definition) is 2. The predicted molar refractivity (Wildman–Crippen MR) is 120 cm³/mol. The molecule has 29 heavy (non-hydrogen) atoms. The maximum atomic E-state index is 12.9. The summed E-state index contributed by atoms with van der Waals surface area (Å²) >= 11 is 0. The molecule has 0 radical (unpaired) electrons. The number of halogens is 2. The van der Waals surface area contributed by atoms with Gasteiger partial charge in [-0.15, -0.1) is 24.8 Å². The van der Waals surface area contributed by atoms with Crippen molar-refractivity contribution in [3.63, 3.8) is 0 Å². The monoisotopic (exact) mass is 448 g/mol. The summed E-state index contributed by atoms with van der Waals surface area (Å²) in [5, 5.41) is 0. The summed E-state index contributed by atoms with van der Waals surface area (Å²) in [6, 6.07) is 1.89. The number of hydrogen-bond acceptors (Lipinski definition) is 7. The SMILES string of the molecule is CCCO[C@@H]1CC[C@H](C(=O)N2CCN(c3cc(C)nc(N)n3)CC2)C[C@H]1N.Cl.Cl. The highest BCUT2D eigenvalue weighted by Gasteiger charge is 2.35. The van der Waals surface area contributed by atoms with Crippen molar-refractivity contribution in [2.45, 2.75) is 51.7 Å². The standard InChI is InChI=1S/C19H32N6O2.2ClH/c1-3-10-27-16-5-4-14(12-15(16)20)18(26)25-8-6-24(7-9-25)17-11-13(2)22-19(21)23-17;;/h11,14-16H,3-10,12,20H2,1-2H3,(H2,21,22,23);2*1H/t14-,15+,16+;;/m0../s1. The van der Waals surface area contributed by atoms with Crippen LogP contribution in [0.2, 0.25) is 0 Å². The number of rotatable bonds is 5. The van der Waals surface area contributed by atoms with Gasteiger partial charge in [-0.2, -0.15) is 4.98 Å². The number of aromatic nitrogens is 2. The van der Waals surface area contributed by atoms with Gasteiger partial charge in [0.1, 0.15) is 5.82 Å². The molecular formula is C19H34Cl2N6O2. The smallest absolute Gasteiger partial charge is 0.225 e. The molecule has 8 nitrogen and oxygen atoms in total. The van der Waals surface area contributed by atoms with Crippen LogP contribution in [0.5, 0.6) is 0 Å². The first-order valence-electron chi connectivity index (χ1n) is 10.00. The van der Waals surface area contributed by atoms with E-state index in [9.17, 15) is 4.79 Å². The number of carbonyl (C=O) groups is 1. The first-order valence-corrected chi connectivity index (χ1v) is 10.00. The second kappa shape index (κ2) is 11.7. The van der Waals surface area contributed by atoms with Gasteiger partial charge in [-0.3, -0.25) is 4.79 Å². The van der Waals surface area contributed by atoms with Crippen LogP contribution < -0.4 is 16.4 Å². The zero-order valence-electron chi connectivity index (χ0n) is 17.2. The fourth-order valence-electron chi connectivity index (χ4n) is 4.03. The van der Waals surface area contributed by atoms with Gasteiger partial charge < -0.3 is 26.0 Å². The van der Waals surface area contributed by atoms with Crippen molar-refractivity contribution in [3.05, 3.63) is 11.8 Å². The van der Waals surface area contributed by atoms with Gasteiger partial charge in [0.2, 0.25) is 11.9 Å². The molecule has 0 aromatic carbocycles. The van der Waals surface area contributed by atoms with E-state index >= 15 is 0 Å². The van der Waals surface area contributed by atoms with Gasteiger partial charge in [0.05, 0.1) is 6.10 Å². The molecule has 1 saturated heterocycles. The zero-order valence-corrected chi connectivity index (χ0v) is 18.9. The Morgan fingerprint density at radius 1 is 1.21 bits per heavy atom. The van der Waals surface area contributed by atoms with Gasteiger partial charge in [-0.05, 0) is 32.6 Å². The third-order valence-corrected chi connectivity index (χ3v) is 5.49. The van der Waals surface area contributed by atoms with Crippen LogP contribution in [0.1, 0.15) is 38.3 Å². The van der Waals surface area contributed by atoms with E-state index in [1.165, 1.54) is 0 Å². The first-order chi connectivity index (χ1) is 13.0. The largest absolute Gasteiger partial charge is 0.377 e. The molecule has 0 unspecified atom stereocenters. The minimum absolute atomic E-state index is 0. The molecule has 3 atom stereocenters. The van der Waals surface area contributed by atoms with E-state index < -0.39 is 0 Å². The molecule has 4 N–H and O–H groups in total. The molecule has 2 aliphatic rings. The van der Waals surface area contributed by atoms with Crippen molar-refractivity contribution in [2.75, 3.05) is 43.4 Å². The normalized spacial score (nSPS) is 24.4. The molecule has 166 valence electrons. The van der Waals surface area contributed by atoms with Gasteiger partial charge in [0, 0.05) is 56.5 Å². The average molecular weight is 449 g/mol. The van der Waals surface area contributed by atoms with E-state index in [1.807, 2.05) is 17.9 Å². The van der Waals surface area contributed by atoms with E-state index in [2.05, 4.69) is 21.8 Å². The summed E-state index contributed by atoms with van der Waals surface area (Å²) in [5.74, 6) is 1.38. The van der Waals surface area contributed by atoms with Gasteiger partial charge in [0.15, 0.2) is 0 Å². The highest BCUT2D eigenvalue weighted by molar-refractivity contribution is 5.85. The molecule has 1 amide bonds. The number of aryl methyl sites for hydroxylation is 1. The minimum atomic E-state index is -0.0486. The number of nitrogen functional groups attached to an aromatic ring is 1. The van der Waals surface area contributed by atoms with Crippen molar-refractivity contribution >= 4 is 42.5 Å². The Bertz CT molecular complexity index is 637. The van der Waals surface area contributed by atoms with Crippen molar-refractivity contribution < 1.29 is 9.53 Å². The Kier molecular flexibility index (Phi) is 10.4. The maximum absolute atomic E-state index is 12.9. The van der Waals surface area contributed by atoms with Crippen LogP contribution in [-0.4, -0.2) is 65.7 Å². The van der Waals surface area contributed by atoms with E-state index in [0.717, 1.165) is 56.9 Å². The Balaban J connectivity index is 0.00000210. The van der Waals surface area contributed by atoms with Gasteiger partial charge in [-0.1, -0.05) is 6.92 Å². The third-order valence-electron chi connectivity index (χ3n) is 5.49. The minimum Gasteiger partial charge on any atom is -0.377 e. The summed E-state index contributed by atoms with van der Waals surface area (Å²) in [4.78, 5) is 25.5. The number of ether oxygens (including phenoxy) is 1. The summed E-state index contributed by atoms with van der Waals surface area (Å²) in [6.07, 6.45) is 3.54. The number of nitrogens with zero attached hydrogens (tertiary/aromatic N) is 4. The Hall–Kier alpha value is -1.35. The molecule has 2 heterocycles. The molecular weight excluding hydrogens is 415 g/mol. The maximum Gasteiger partial charge on any atom is 0.225 e. The van der Waals surface area contributed by atoms with Crippen LogP contribution in [0.15, 0.2) is 6.07 Å². The summed E-state index contributed by atoms with van der Waals surface area (Å²) in [7, 11) is 0. The molecule has 1 aromatic rings. The van der Waals surface area contributed by atoms with Crippen molar-refractivity contribution in [1.29, 1.82) is 0 Å². The average Bonchev–Trinajstić information content (AvgIpc) is 2.66. The van der Waals surface area contributed by atoms with Crippen LogP contribution >= 0.6 is 24.8 Å². The van der Waals surface area contributed by atoms with Crippen molar-refractivity contribution in [2.24, 2.45) is 11.7 Å². The molecule has 2 fully saturated rings. The number of anilines is 2. The fraction of sp³-hybridized carbons (Fsp3) is 0.737. The first kappa shape index (κ1) is 25.7. The molecule has 1 aromatic heterocycles. The van der Waals surface area contributed by atoms with Crippen molar-refractivity contribution in [3.8, 4) is 0 Å². The fourth-order valence-corrected chi connectivity index (χ4v) is 4.03. The zero-order chi connectivity index (χ0) is 19.4. The summed E-state index contributed by atoms with van der Waals surface area (Å²) in [6.45, 7) is 7.65. The van der Waals surface area contributed by atoms with Crippen LogP contribution in [0.3, 0.4) is 0 Å². The molecule has 1 aliphatic heterocycles. The lowest BCUT2D eigenvalue weighted by molar-refractivity contribution is -0.138. The van der Waals surface area contributed by atoms with E-state index in [4.69, 9.17) is 16.2 Å². The Labute approximate surface area is 185 Å². The highest BCUT2D eigenvalue weighted by Crippen LogP contribution is 2.28. The number of nitrogens with two attached hydrogens (primary N) is 2. The van der Waals surface area contributed by atoms with Crippen molar-refractivity contribution in [1.82, 2.24) is 14.9 Å². The van der Waals surface area contributed by atoms with Crippen LogP contribution in [0, 0.1) is 12.8 Å². The van der Waals surface area contributed by atoms with Crippen LogP contribution in [-0.2, 0) is 9.53 Å². The van der Waals surface area contributed by atoms with Crippen LogP contribution in [0.4, 0.5) is 11.8 Å². The topological polar surface area (TPSA) is 111 Å². The second-order valence-electron chi connectivity index (χ2n) is 7.62. The molecule has 0 spiro atoms. The number of amides is 1. The van der Waals surface area contributed by atoms with E-state index in [1.54, 1.807) is 0 Å². The van der Waals surface area contributed by atoms with E-state index in [0.29, 0.717) is 19.0 Å². The lowest BCUT2D eigenvalue weighted by Gasteiger charge is -2.39. The Morgan fingerprint density at radius 2 is 1.90 bits per heavy atom. The summed E-state index contributed by atoms with van der Waals surface area (Å²) < 4.78 is 5.82. The highest BCUT2D eigenvalue weighted by atomic mass is 35.5. The van der Waals surface area contributed by atoms with Crippen LogP contribution in [0.25, 0.3) is 0 Å². The molecule has 3 rings (SSSR count). The molecule has 1 saturated carbocycles. The van der Waals surface area contributed by atoms with E-state index in [-0.39, 0.29) is 48.8 Å². The lowest BCUT2D eigenvalue weighted by Crippen LogP contribution is -2.53. The number of carbonyl (C=O) groups excluding carboxylic acids is 1. The van der Waals surface area contributed by atoms with Gasteiger partial charge >= 0.3 is 0 Å². The predicted octanol–water partition coefficient (Wildman–Crippen LogP) is 1.78. The second-order valence-corrected chi connectivity index (χ2v) is 7.62. The quantitative estimate of drug-likeness (QED) is 0.705.